The molecule has 1 heterocycles. The maximum Gasteiger partial charge on any atom is 0.225 e. The predicted molar refractivity (Wildman–Crippen MR) is 73.1 cm³/mol. The highest BCUT2D eigenvalue weighted by Crippen LogP contribution is 2.21. The van der Waals surface area contributed by atoms with Crippen LogP contribution in [-0.2, 0) is 14.6 Å². The van der Waals surface area contributed by atoms with E-state index in [9.17, 15) is 13.2 Å². The van der Waals surface area contributed by atoms with E-state index in [-0.39, 0.29) is 28.7 Å². The van der Waals surface area contributed by atoms with E-state index in [2.05, 4.69) is 0 Å². The summed E-state index contributed by atoms with van der Waals surface area (Å²) >= 11 is 0. The van der Waals surface area contributed by atoms with Crippen molar-refractivity contribution in [3.05, 3.63) is 0 Å². The van der Waals surface area contributed by atoms with Crippen molar-refractivity contribution in [2.75, 3.05) is 18.8 Å². The molecule has 0 aliphatic carbocycles. The molecule has 0 radical (unpaired) electrons. The molecule has 4 nitrogen and oxygen atoms in total. The maximum atomic E-state index is 12.1. The zero-order chi connectivity index (χ0) is 13.9. The molecule has 0 spiro atoms. The van der Waals surface area contributed by atoms with Crippen LogP contribution in [0.1, 0.15) is 40.5 Å². The van der Waals surface area contributed by atoms with Gasteiger partial charge in [-0.05, 0) is 18.8 Å². The lowest BCUT2D eigenvalue weighted by Gasteiger charge is -2.33. The summed E-state index contributed by atoms with van der Waals surface area (Å²) in [5.41, 5.74) is 0. The van der Waals surface area contributed by atoms with E-state index in [1.54, 1.807) is 4.90 Å². The van der Waals surface area contributed by atoms with Crippen molar-refractivity contribution in [2.24, 2.45) is 11.8 Å². The molecule has 1 aliphatic heterocycles. The Labute approximate surface area is 111 Å². The van der Waals surface area contributed by atoms with Crippen LogP contribution in [0.4, 0.5) is 0 Å². The maximum absolute atomic E-state index is 12.1. The first-order chi connectivity index (χ1) is 8.24. The van der Waals surface area contributed by atoms with Crippen molar-refractivity contribution in [3.63, 3.8) is 0 Å². The SMILES string of the molecule is CC(C)CS(=O)(=O)C1CCN(C(=O)C(C)C)CC1. The Morgan fingerprint density at radius 1 is 1.17 bits per heavy atom. The highest BCUT2D eigenvalue weighted by Gasteiger charge is 2.32. The van der Waals surface area contributed by atoms with Crippen molar-refractivity contribution in [2.45, 2.75) is 45.8 Å². The molecule has 0 aromatic carbocycles. The summed E-state index contributed by atoms with van der Waals surface area (Å²) in [6, 6.07) is 0. The zero-order valence-corrected chi connectivity index (χ0v) is 12.7. The molecule has 1 fully saturated rings. The van der Waals surface area contributed by atoms with Gasteiger partial charge in [-0.25, -0.2) is 8.42 Å². The van der Waals surface area contributed by atoms with Gasteiger partial charge in [0, 0.05) is 19.0 Å². The predicted octanol–water partition coefficient (Wildman–Crippen LogP) is 1.70. The minimum Gasteiger partial charge on any atom is -0.342 e. The fraction of sp³-hybridized carbons (Fsp3) is 0.923. The zero-order valence-electron chi connectivity index (χ0n) is 11.8. The number of nitrogens with zero attached hydrogens (tertiary/aromatic N) is 1. The van der Waals surface area contributed by atoms with Crippen LogP contribution in [0.2, 0.25) is 0 Å². The molecule has 0 unspecified atom stereocenters. The molecule has 0 N–H and O–H groups in total. The average molecular weight is 275 g/mol. The lowest BCUT2D eigenvalue weighted by molar-refractivity contribution is -0.135. The van der Waals surface area contributed by atoms with Crippen LogP contribution < -0.4 is 0 Å². The van der Waals surface area contributed by atoms with Gasteiger partial charge in [0.15, 0.2) is 9.84 Å². The molecule has 1 aliphatic rings. The molecular weight excluding hydrogens is 250 g/mol. The third-order valence-electron chi connectivity index (χ3n) is 3.32. The van der Waals surface area contributed by atoms with Crippen molar-refractivity contribution < 1.29 is 13.2 Å². The summed E-state index contributed by atoms with van der Waals surface area (Å²) in [4.78, 5) is 13.6. The third kappa shape index (κ3) is 3.97. The van der Waals surface area contributed by atoms with Crippen molar-refractivity contribution >= 4 is 15.7 Å². The van der Waals surface area contributed by atoms with Gasteiger partial charge in [0.2, 0.25) is 5.91 Å². The van der Waals surface area contributed by atoms with Crippen LogP contribution in [0.15, 0.2) is 0 Å². The number of hydrogen-bond acceptors (Lipinski definition) is 3. The lowest BCUT2D eigenvalue weighted by Crippen LogP contribution is -2.44. The summed E-state index contributed by atoms with van der Waals surface area (Å²) in [7, 11) is -2.99. The number of carbonyl (C=O) groups is 1. The van der Waals surface area contributed by atoms with Gasteiger partial charge in [0.25, 0.3) is 0 Å². The molecule has 18 heavy (non-hydrogen) atoms. The van der Waals surface area contributed by atoms with Crippen LogP contribution in [0.25, 0.3) is 0 Å². The molecule has 1 rings (SSSR count). The molecule has 1 saturated heterocycles. The smallest absolute Gasteiger partial charge is 0.225 e. The van der Waals surface area contributed by atoms with E-state index in [0.29, 0.717) is 25.9 Å². The van der Waals surface area contributed by atoms with Crippen molar-refractivity contribution in [3.8, 4) is 0 Å². The highest BCUT2D eigenvalue weighted by molar-refractivity contribution is 7.92. The van der Waals surface area contributed by atoms with Gasteiger partial charge in [0.1, 0.15) is 0 Å². The second-order valence-electron chi connectivity index (χ2n) is 5.90. The third-order valence-corrected chi connectivity index (χ3v) is 5.94. The van der Waals surface area contributed by atoms with Crippen LogP contribution in [0.3, 0.4) is 0 Å². The molecule has 0 bridgehead atoms. The van der Waals surface area contributed by atoms with Gasteiger partial charge in [-0.15, -0.1) is 0 Å². The minimum absolute atomic E-state index is 0.00572. The van der Waals surface area contributed by atoms with Gasteiger partial charge in [-0.1, -0.05) is 27.7 Å². The fourth-order valence-corrected chi connectivity index (χ4v) is 4.53. The molecule has 0 saturated carbocycles. The Morgan fingerprint density at radius 2 is 1.67 bits per heavy atom. The minimum atomic E-state index is -2.99. The second kappa shape index (κ2) is 6.04. The van der Waals surface area contributed by atoms with Gasteiger partial charge in [-0.2, -0.15) is 0 Å². The molecule has 0 atom stereocenters. The number of piperidine rings is 1. The number of amides is 1. The fourth-order valence-electron chi connectivity index (χ4n) is 2.40. The lowest BCUT2D eigenvalue weighted by atomic mass is 10.1. The van der Waals surface area contributed by atoms with Crippen LogP contribution in [-0.4, -0.2) is 43.3 Å². The standard InChI is InChI=1S/C13H25NO3S/c1-10(2)9-18(16,17)12-5-7-14(8-6-12)13(15)11(3)4/h10-12H,5-9H2,1-4H3. The molecule has 0 aromatic rings. The molecule has 1 amide bonds. The topological polar surface area (TPSA) is 54.5 Å². The Bertz CT molecular complexity index is 379. The molecule has 0 aromatic heterocycles. The number of carbonyl (C=O) groups excluding carboxylic acids is 1. The van der Waals surface area contributed by atoms with Gasteiger partial charge in [0.05, 0.1) is 11.0 Å². The normalized spacial score (nSPS) is 18.7. The van der Waals surface area contributed by atoms with Crippen molar-refractivity contribution in [1.29, 1.82) is 0 Å². The van der Waals surface area contributed by atoms with Gasteiger partial charge >= 0.3 is 0 Å². The van der Waals surface area contributed by atoms with E-state index in [0.717, 1.165) is 0 Å². The van der Waals surface area contributed by atoms with Gasteiger partial charge < -0.3 is 4.90 Å². The summed E-state index contributed by atoms with van der Waals surface area (Å²) in [5, 5.41) is -0.254. The quantitative estimate of drug-likeness (QED) is 0.785. The van der Waals surface area contributed by atoms with E-state index >= 15 is 0 Å². The molecule has 106 valence electrons. The van der Waals surface area contributed by atoms with Crippen molar-refractivity contribution in [1.82, 2.24) is 4.90 Å². The van der Waals surface area contributed by atoms with E-state index < -0.39 is 9.84 Å². The monoisotopic (exact) mass is 275 g/mol. The Balaban J connectivity index is 2.56. The Morgan fingerprint density at radius 3 is 2.06 bits per heavy atom. The summed E-state index contributed by atoms with van der Waals surface area (Å²) in [5.74, 6) is 0.560. The van der Waals surface area contributed by atoms with E-state index in [1.807, 2.05) is 27.7 Å². The molecule has 5 heteroatoms. The van der Waals surface area contributed by atoms with Crippen LogP contribution in [0.5, 0.6) is 0 Å². The molecular formula is C13H25NO3S. The number of rotatable bonds is 4. The first kappa shape index (κ1) is 15.5. The second-order valence-corrected chi connectivity index (χ2v) is 8.23. The first-order valence-electron chi connectivity index (χ1n) is 6.74. The van der Waals surface area contributed by atoms with Crippen LogP contribution in [0, 0.1) is 11.8 Å². The number of sulfone groups is 1. The summed E-state index contributed by atoms with van der Waals surface area (Å²) in [6.07, 6.45) is 1.18. The largest absolute Gasteiger partial charge is 0.342 e. The number of likely N-dealkylation sites (tertiary alicyclic amines) is 1. The highest BCUT2D eigenvalue weighted by atomic mass is 32.2. The summed E-state index contributed by atoms with van der Waals surface area (Å²) < 4.78 is 24.2. The summed E-state index contributed by atoms with van der Waals surface area (Å²) in [6.45, 7) is 8.77. The van der Waals surface area contributed by atoms with E-state index in [1.165, 1.54) is 0 Å². The van der Waals surface area contributed by atoms with Crippen LogP contribution >= 0.6 is 0 Å². The van der Waals surface area contributed by atoms with Gasteiger partial charge in [-0.3, -0.25) is 4.79 Å². The van der Waals surface area contributed by atoms with E-state index in [4.69, 9.17) is 0 Å². The first-order valence-corrected chi connectivity index (χ1v) is 8.46. The Hall–Kier alpha value is -0.580. The number of hydrogen-bond donors (Lipinski definition) is 0. The average Bonchev–Trinajstić information content (AvgIpc) is 2.26. The Kier molecular flexibility index (Phi) is 5.20.